The predicted octanol–water partition coefficient (Wildman–Crippen LogP) is 7.46. The fourth-order valence-electron chi connectivity index (χ4n) is 4.54. The quantitative estimate of drug-likeness (QED) is 0.264. The Morgan fingerprint density at radius 2 is 1.51 bits per heavy atom. The molecule has 0 saturated heterocycles. The van der Waals surface area contributed by atoms with Crippen molar-refractivity contribution in [2.45, 2.75) is 59.0 Å². The smallest absolute Gasteiger partial charge is 0.270 e. The second kappa shape index (κ2) is 11.7. The van der Waals surface area contributed by atoms with Crippen molar-refractivity contribution in [3.63, 3.8) is 0 Å². The van der Waals surface area contributed by atoms with E-state index in [2.05, 4.69) is 67.1 Å². The van der Waals surface area contributed by atoms with E-state index >= 15 is 0 Å². The van der Waals surface area contributed by atoms with Crippen LogP contribution in [0.2, 0.25) is 0 Å². The summed E-state index contributed by atoms with van der Waals surface area (Å²) in [6, 6.07) is 28.8. The second-order valence-electron chi connectivity index (χ2n) is 8.87. The van der Waals surface area contributed by atoms with E-state index in [1.165, 1.54) is 5.56 Å². The van der Waals surface area contributed by atoms with Gasteiger partial charge in [-0.1, -0.05) is 112 Å². The standard InChI is InChI=1S/C31H35N3O/c1-4-7-18-27(24-14-10-8-11-15-24)32-31(35)29-28(25-21-19-23(5-2)20-22-25)33-30(34(29)6-3)26-16-12-9-13-17-26/h8-17,19-22,27H,4-7,18H2,1-3H3,(H,32,35). The Morgan fingerprint density at radius 1 is 0.857 bits per heavy atom. The Labute approximate surface area is 209 Å². The van der Waals surface area contributed by atoms with Gasteiger partial charge >= 0.3 is 0 Å². The lowest BCUT2D eigenvalue weighted by Gasteiger charge is -2.20. The van der Waals surface area contributed by atoms with Gasteiger partial charge in [-0.25, -0.2) is 4.98 Å². The Balaban J connectivity index is 1.80. The number of amides is 1. The van der Waals surface area contributed by atoms with Crippen LogP contribution in [0, 0.1) is 0 Å². The van der Waals surface area contributed by atoms with Crippen LogP contribution in [0.3, 0.4) is 0 Å². The van der Waals surface area contributed by atoms with Crippen molar-refractivity contribution in [2.75, 3.05) is 0 Å². The van der Waals surface area contributed by atoms with E-state index < -0.39 is 0 Å². The summed E-state index contributed by atoms with van der Waals surface area (Å²) >= 11 is 0. The number of hydrogen-bond donors (Lipinski definition) is 1. The minimum absolute atomic E-state index is 0.0423. The van der Waals surface area contributed by atoms with Crippen LogP contribution in [0.15, 0.2) is 84.9 Å². The molecule has 4 heteroatoms. The summed E-state index contributed by atoms with van der Waals surface area (Å²) in [6.45, 7) is 7.05. The monoisotopic (exact) mass is 465 g/mol. The zero-order chi connectivity index (χ0) is 24.6. The summed E-state index contributed by atoms with van der Waals surface area (Å²) in [6.07, 6.45) is 4.01. The van der Waals surface area contributed by atoms with Gasteiger partial charge in [-0.2, -0.15) is 0 Å². The summed E-state index contributed by atoms with van der Waals surface area (Å²) in [7, 11) is 0. The van der Waals surface area contributed by atoms with Crippen LogP contribution >= 0.6 is 0 Å². The van der Waals surface area contributed by atoms with E-state index in [0.717, 1.165) is 53.9 Å². The number of nitrogens with one attached hydrogen (secondary N) is 1. The van der Waals surface area contributed by atoms with Crippen LogP contribution in [0.5, 0.6) is 0 Å². The van der Waals surface area contributed by atoms with Gasteiger partial charge in [0.2, 0.25) is 0 Å². The molecule has 1 aromatic heterocycles. The van der Waals surface area contributed by atoms with Crippen molar-refractivity contribution < 1.29 is 4.79 Å². The minimum atomic E-state index is -0.0824. The van der Waals surface area contributed by atoms with Gasteiger partial charge in [-0.15, -0.1) is 0 Å². The maximum atomic E-state index is 14.0. The normalized spacial score (nSPS) is 11.9. The van der Waals surface area contributed by atoms with E-state index in [4.69, 9.17) is 4.98 Å². The van der Waals surface area contributed by atoms with E-state index in [9.17, 15) is 4.79 Å². The number of carbonyl (C=O) groups is 1. The maximum Gasteiger partial charge on any atom is 0.270 e. The Hall–Kier alpha value is -3.66. The first-order valence-corrected chi connectivity index (χ1v) is 12.8. The van der Waals surface area contributed by atoms with Gasteiger partial charge in [0.05, 0.1) is 6.04 Å². The summed E-state index contributed by atoms with van der Waals surface area (Å²) in [5.74, 6) is 0.735. The lowest BCUT2D eigenvalue weighted by atomic mass is 10.0. The molecule has 4 aromatic rings. The summed E-state index contributed by atoms with van der Waals surface area (Å²) in [5, 5.41) is 3.36. The third-order valence-electron chi connectivity index (χ3n) is 6.52. The number of rotatable bonds is 10. The molecule has 0 fully saturated rings. The largest absolute Gasteiger partial charge is 0.344 e. The van der Waals surface area contributed by atoms with E-state index in [0.29, 0.717) is 12.2 Å². The Morgan fingerprint density at radius 3 is 2.11 bits per heavy atom. The first kappa shape index (κ1) is 24.5. The molecule has 35 heavy (non-hydrogen) atoms. The summed E-state index contributed by atoms with van der Waals surface area (Å²) in [5.41, 5.74) is 5.71. The molecule has 1 amide bonds. The van der Waals surface area contributed by atoms with Crippen molar-refractivity contribution in [2.24, 2.45) is 0 Å². The van der Waals surface area contributed by atoms with Gasteiger partial charge in [0, 0.05) is 17.7 Å². The van der Waals surface area contributed by atoms with E-state index in [1.54, 1.807) is 0 Å². The number of aromatic nitrogens is 2. The summed E-state index contributed by atoms with van der Waals surface area (Å²) < 4.78 is 2.05. The molecular formula is C31H35N3O. The summed E-state index contributed by atoms with van der Waals surface area (Å²) in [4.78, 5) is 19.0. The molecule has 3 aromatic carbocycles. The molecule has 0 aliphatic heterocycles. The van der Waals surface area contributed by atoms with Crippen LogP contribution in [0.1, 0.15) is 67.7 Å². The molecule has 0 radical (unpaired) electrons. The van der Waals surface area contributed by atoms with Crippen molar-refractivity contribution in [3.8, 4) is 22.6 Å². The predicted molar refractivity (Wildman–Crippen MR) is 144 cm³/mol. The van der Waals surface area contributed by atoms with E-state index in [-0.39, 0.29) is 11.9 Å². The van der Waals surface area contributed by atoms with Crippen LogP contribution in [0.4, 0.5) is 0 Å². The molecular weight excluding hydrogens is 430 g/mol. The fraction of sp³-hybridized carbons (Fsp3) is 0.290. The Kier molecular flexibility index (Phi) is 8.15. The topological polar surface area (TPSA) is 46.9 Å². The lowest BCUT2D eigenvalue weighted by molar-refractivity contribution is 0.0925. The molecule has 0 spiro atoms. The lowest BCUT2D eigenvalue weighted by Crippen LogP contribution is -2.31. The van der Waals surface area contributed by atoms with Gasteiger partial charge in [0.1, 0.15) is 17.2 Å². The molecule has 1 N–H and O–H groups in total. The van der Waals surface area contributed by atoms with Crippen LogP contribution in [-0.4, -0.2) is 15.5 Å². The molecule has 1 atom stereocenters. The third kappa shape index (κ3) is 5.54. The average Bonchev–Trinajstić information content (AvgIpc) is 3.32. The second-order valence-corrected chi connectivity index (χ2v) is 8.87. The number of hydrogen-bond acceptors (Lipinski definition) is 2. The zero-order valence-corrected chi connectivity index (χ0v) is 21.0. The van der Waals surface area contributed by atoms with Crippen molar-refractivity contribution in [1.82, 2.24) is 14.9 Å². The van der Waals surface area contributed by atoms with Crippen molar-refractivity contribution >= 4 is 5.91 Å². The van der Waals surface area contributed by atoms with Crippen LogP contribution in [-0.2, 0) is 13.0 Å². The van der Waals surface area contributed by atoms with Crippen LogP contribution in [0.25, 0.3) is 22.6 Å². The van der Waals surface area contributed by atoms with Gasteiger partial charge < -0.3 is 9.88 Å². The molecule has 4 rings (SSSR count). The number of imidazole rings is 1. The van der Waals surface area contributed by atoms with Gasteiger partial charge in [-0.05, 0) is 30.9 Å². The van der Waals surface area contributed by atoms with Crippen LogP contribution < -0.4 is 5.32 Å². The first-order valence-electron chi connectivity index (χ1n) is 12.8. The molecule has 1 heterocycles. The third-order valence-corrected chi connectivity index (χ3v) is 6.52. The highest BCUT2D eigenvalue weighted by Crippen LogP contribution is 2.31. The number of nitrogens with zero attached hydrogens (tertiary/aromatic N) is 2. The van der Waals surface area contributed by atoms with Gasteiger partial charge in [0.25, 0.3) is 5.91 Å². The van der Waals surface area contributed by atoms with Gasteiger partial charge in [0.15, 0.2) is 0 Å². The molecule has 0 bridgehead atoms. The number of benzene rings is 3. The average molecular weight is 466 g/mol. The van der Waals surface area contributed by atoms with E-state index in [1.807, 2.05) is 48.5 Å². The SMILES string of the molecule is CCCCC(NC(=O)c1c(-c2ccc(CC)cc2)nc(-c2ccccc2)n1CC)c1ccccc1. The maximum absolute atomic E-state index is 14.0. The Bertz CT molecular complexity index is 1230. The number of aryl methyl sites for hydroxylation is 1. The molecule has 1 unspecified atom stereocenters. The number of carbonyl (C=O) groups excluding carboxylic acids is 1. The van der Waals surface area contributed by atoms with Crippen molar-refractivity contribution in [1.29, 1.82) is 0 Å². The molecule has 0 aliphatic carbocycles. The zero-order valence-electron chi connectivity index (χ0n) is 21.0. The van der Waals surface area contributed by atoms with Crippen molar-refractivity contribution in [3.05, 3.63) is 102 Å². The highest BCUT2D eigenvalue weighted by atomic mass is 16.2. The van der Waals surface area contributed by atoms with Gasteiger partial charge in [-0.3, -0.25) is 4.79 Å². The first-order chi connectivity index (χ1) is 17.2. The highest BCUT2D eigenvalue weighted by molar-refractivity contribution is 5.99. The molecule has 0 aliphatic rings. The molecule has 4 nitrogen and oxygen atoms in total. The molecule has 0 saturated carbocycles. The minimum Gasteiger partial charge on any atom is -0.344 e. The fourth-order valence-corrected chi connectivity index (χ4v) is 4.54. The molecule has 180 valence electrons. The highest BCUT2D eigenvalue weighted by Gasteiger charge is 2.26. The number of unbranched alkanes of at least 4 members (excludes halogenated alkanes) is 1.